The SMILES string of the molecule is Clc1ccc(C2CCCS2)nn1. The molecule has 0 bridgehead atoms. The van der Waals surface area contributed by atoms with Crippen molar-refractivity contribution >= 4 is 23.4 Å². The molecule has 0 N–H and O–H groups in total. The maximum atomic E-state index is 5.64. The Morgan fingerprint density at radius 1 is 1.42 bits per heavy atom. The minimum absolute atomic E-state index is 0.474. The van der Waals surface area contributed by atoms with Gasteiger partial charge in [0.15, 0.2) is 5.15 Å². The average molecular weight is 201 g/mol. The first-order valence-electron chi connectivity index (χ1n) is 3.97. The highest BCUT2D eigenvalue weighted by Gasteiger charge is 2.18. The largest absolute Gasteiger partial charge is 0.153 e. The first kappa shape index (κ1) is 8.32. The summed E-state index contributed by atoms with van der Waals surface area (Å²) in [4.78, 5) is 0. The smallest absolute Gasteiger partial charge is 0.151 e. The number of rotatable bonds is 1. The van der Waals surface area contributed by atoms with Crippen LogP contribution >= 0.6 is 23.4 Å². The van der Waals surface area contributed by atoms with Crippen molar-refractivity contribution in [1.82, 2.24) is 10.2 Å². The van der Waals surface area contributed by atoms with Gasteiger partial charge in [0.05, 0.1) is 5.69 Å². The molecule has 1 atom stereocenters. The van der Waals surface area contributed by atoms with E-state index in [-0.39, 0.29) is 0 Å². The van der Waals surface area contributed by atoms with Crippen LogP contribution in [0, 0.1) is 0 Å². The minimum atomic E-state index is 0.474. The molecule has 1 unspecified atom stereocenters. The summed E-state index contributed by atoms with van der Waals surface area (Å²) in [5.74, 6) is 1.25. The molecule has 1 aromatic heterocycles. The predicted octanol–water partition coefficient (Wildman–Crippen LogP) is 2.70. The van der Waals surface area contributed by atoms with E-state index in [0.717, 1.165) is 5.69 Å². The molecule has 1 fully saturated rings. The van der Waals surface area contributed by atoms with Crippen LogP contribution in [0.2, 0.25) is 5.15 Å². The van der Waals surface area contributed by atoms with Gasteiger partial charge in [-0.1, -0.05) is 11.6 Å². The first-order valence-corrected chi connectivity index (χ1v) is 5.39. The fourth-order valence-corrected chi connectivity index (χ4v) is 2.66. The monoisotopic (exact) mass is 200 g/mol. The second-order valence-electron chi connectivity index (χ2n) is 2.78. The lowest BCUT2D eigenvalue weighted by Crippen LogP contribution is -1.94. The zero-order chi connectivity index (χ0) is 8.39. The number of halogens is 1. The van der Waals surface area contributed by atoms with Crippen LogP contribution in [-0.2, 0) is 0 Å². The van der Waals surface area contributed by atoms with E-state index in [1.54, 1.807) is 0 Å². The third-order valence-electron chi connectivity index (χ3n) is 1.91. The molecule has 4 heteroatoms. The van der Waals surface area contributed by atoms with E-state index in [0.29, 0.717) is 10.4 Å². The Balaban J connectivity index is 2.17. The van der Waals surface area contributed by atoms with Gasteiger partial charge in [-0.3, -0.25) is 0 Å². The normalized spacial score (nSPS) is 22.9. The van der Waals surface area contributed by atoms with Crippen molar-refractivity contribution in [3.05, 3.63) is 23.0 Å². The molecule has 0 aliphatic carbocycles. The van der Waals surface area contributed by atoms with E-state index in [2.05, 4.69) is 10.2 Å². The van der Waals surface area contributed by atoms with Crippen LogP contribution in [0.25, 0.3) is 0 Å². The van der Waals surface area contributed by atoms with Gasteiger partial charge in [-0.15, -0.1) is 5.10 Å². The lowest BCUT2D eigenvalue weighted by atomic mass is 10.2. The molecule has 2 heterocycles. The number of nitrogens with zero attached hydrogens (tertiary/aromatic N) is 2. The van der Waals surface area contributed by atoms with Crippen LogP contribution in [0.15, 0.2) is 12.1 Å². The standard InChI is InChI=1S/C8H9ClN2S/c9-8-4-3-6(10-11-8)7-2-1-5-12-7/h3-4,7H,1-2,5H2. The summed E-state index contributed by atoms with van der Waals surface area (Å²) in [5.41, 5.74) is 1.07. The summed E-state index contributed by atoms with van der Waals surface area (Å²) in [7, 11) is 0. The van der Waals surface area contributed by atoms with E-state index in [9.17, 15) is 0 Å². The molecule has 2 rings (SSSR count). The Morgan fingerprint density at radius 2 is 2.33 bits per heavy atom. The zero-order valence-corrected chi connectivity index (χ0v) is 8.11. The summed E-state index contributed by atoms with van der Waals surface area (Å²) in [6, 6.07) is 3.78. The van der Waals surface area contributed by atoms with E-state index < -0.39 is 0 Å². The highest BCUT2D eigenvalue weighted by Crippen LogP contribution is 2.38. The molecule has 64 valence electrons. The van der Waals surface area contributed by atoms with Crippen molar-refractivity contribution in [2.75, 3.05) is 5.75 Å². The van der Waals surface area contributed by atoms with Crippen LogP contribution in [0.3, 0.4) is 0 Å². The molecular weight excluding hydrogens is 192 g/mol. The van der Waals surface area contributed by atoms with E-state index in [1.807, 2.05) is 23.9 Å². The molecule has 0 aromatic carbocycles. The summed E-state index contributed by atoms with van der Waals surface area (Å²) >= 11 is 7.59. The second kappa shape index (κ2) is 3.62. The molecule has 12 heavy (non-hydrogen) atoms. The van der Waals surface area contributed by atoms with Crippen molar-refractivity contribution in [2.45, 2.75) is 18.1 Å². The van der Waals surface area contributed by atoms with Gasteiger partial charge >= 0.3 is 0 Å². The summed E-state index contributed by atoms with van der Waals surface area (Å²) in [6.07, 6.45) is 2.51. The number of thioether (sulfide) groups is 1. The Bertz CT molecular complexity index is 256. The van der Waals surface area contributed by atoms with E-state index in [1.165, 1.54) is 18.6 Å². The zero-order valence-electron chi connectivity index (χ0n) is 6.53. The number of aromatic nitrogens is 2. The van der Waals surface area contributed by atoms with Crippen molar-refractivity contribution in [1.29, 1.82) is 0 Å². The van der Waals surface area contributed by atoms with Crippen LogP contribution in [0.1, 0.15) is 23.8 Å². The molecular formula is C8H9ClN2S. The molecule has 2 nitrogen and oxygen atoms in total. The number of hydrogen-bond acceptors (Lipinski definition) is 3. The molecule has 0 radical (unpaired) electrons. The minimum Gasteiger partial charge on any atom is -0.153 e. The lowest BCUT2D eigenvalue weighted by molar-refractivity contribution is 0.784. The maximum Gasteiger partial charge on any atom is 0.151 e. The fourth-order valence-electron chi connectivity index (χ4n) is 1.31. The van der Waals surface area contributed by atoms with Gasteiger partial charge < -0.3 is 0 Å². The quantitative estimate of drug-likeness (QED) is 0.697. The van der Waals surface area contributed by atoms with Crippen LogP contribution in [-0.4, -0.2) is 16.0 Å². The summed E-state index contributed by atoms with van der Waals surface area (Å²) in [6.45, 7) is 0. The second-order valence-corrected chi connectivity index (χ2v) is 4.48. The molecule has 1 aliphatic rings. The van der Waals surface area contributed by atoms with Crippen LogP contribution < -0.4 is 0 Å². The number of hydrogen-bond donors (Lipinski definition) is 0. The van der Waals surface area contributed by atoms with E-state index >= 15 is 0 Å². The first-order chi connectivity index (χ1) is 5.86. The van der Waals surface area contributed by atoms with Crippen molar-refractivity contribution < 1.29 is 0 Å². The molecule has 1 aliphatic heterocycles. The van der Waals surface area contributed by atoms with Crippen LogP contribution in [0.4, 0.5) is 0 Å². The van der Waals surface area contributed by atoms with E-state index in [4.69, 9.17) is 11.6 Å². The lowest BCUT2D eigenvalue weighted by Gasteiger charge is -2.05. The average Bonchev–Trinajstić information content (AvgIpc) is 2.58. The van der Waals surface area contributed by atoms with Crippen LogP contribution in [0.5, 0.6) is 0 Å². The maximum absolute atomic E-state index is 5.64. The van der Waals surface area contributed by atoms with Gasteiger partial charge in [0, 0.05) is 5.25 Å². The van der Waals surface area contributed by atoms with Crippen molar-refractivity contribution in [3.8, 4) is 0 Å². The Morgan fingerprint density at radius 3 is 2.92 bits per heavy atom. The molecule has 0 spiro atoms. The highest BCUT2D eigenvalue weighted by molar-refractivity contribution is 7.99. The fraction of sp³-hybridized carbons (Fsp3) is 0.500. The van der Waals surface area contributed by atoms with Gasteiger partial charge in [0.25, 0.3) is 0 Å². The highest BCUT2D eigenvalue weighted by atomic mass is 35.5. The molecule has 0 amide bonds. The predicted molar refractivity (Wildman–Crippen MR) is 51.5 cm³/mol. The Hall–Kier alpha value is -0.280. The molecule has 1 aromatic rings. The third kappa shape index (κ3) is 1.72. The van der Waals surface area contributed by atoms with Gasteiger partial charge in [-0.2, -0.15) is 16.9 Å². The molecule has 1 saturated heterocycles. The summed E-state index contributed by atoms with van der Waals surface area (Å²) < 4.78 is 0. The Labute approximate surface area is 80.7 Å². The third-order valence-corrected chi connectivity index (χ3v) is 3.52. The van der Waals surface area contributed by atoms with Crippen molar-refractivity contribution in [2.24, 2.45) is 0 Å². The molecule has 0 saturated carbocycles. The van der Waals surface area contributed by atoms with Gasteiger partial charge in [0.1, 0.15) is 0 Å². The van der Waals surface area contributed by atoms with Crippen molar-refractivity contribution in [3.63, 3.8) is 0 Å². The van der Waals surface area contributed by atoms with Gasteiger partial charge in [-0.25, -0.2) is 0 Å². The summed E-state index contributed by atoms with van der Waals surface area (Å²) in [5, 5.41) is 8.91. The topological polar surface area (TPSA) is 25.8 Å². The van der Waals surface area contributed by atoms with Gasteiger partial charge in [-0.05, 0) is 30.7 Å². The Kier molecular flexibility index (Phi) is 2.51. The van der Waals surface area contributed by atoms with Gasteiger partial charge in [0.2, 0.25) is 0 Å².